The van der Waals surface area contributed by atoms with Crippen molar-refractivity contribution in [3.8, 4) is 5.75 Å². The van der Waals surface area contributed by atoms with Crippen molar-refractivity contribution in [2.24, 2.45) is 5.92 Å². The SMILES string of the molecule is CC(=O)OC(C)(C)C.CCC(C)CCOc1ccc2c(C(C)=O)ccnc2c1. The van der Waals surface area contributed by atoms with Gasteiger partial charge in [0.25, 0.3) is 0 Å². The summed E-state index contributed by atoms with van der Waals surface area (Å²) in [5.74, 6) is 1.33. The van der Waals surface area contributed by atoms with Crippen LogP contribution in [0.4, 0.5) is 0 Å². The second-order valence-electron chi connectivity index (χ2n) is 7.95. The molecular weight excluding hydrogens is 354 g/mol. The summed E-state index contributed by atoms with van der Waals surface area (Å²) in [6.07, 6.45) is 3.89. The molecule has 0 N–H and O–H groups in total. The van der Waals surface area contributed by atoms with Crippen LogP contribution in [0.15, 0.2) is 30.5 Å². The highest BCUT2D eigenvalue weighted by molar-refractivity contribution is 6.06. The summed E-state index contributed by atoms with van der Waals surface area (Å²) < 4.78 is 10.6. The van der Waals surface area contributed by atoms with Gasteiger partial charge in [-0.2, -0.15) is 0 Å². The molecule has 0 aliphatic carbocycles. The molecule has 1 aromatic carbocycles. The van der Waals surface area contributed by atoms with E-state index in [9.17, 15) is 9.59 Å². The minimum absolute atomic E-state index is 0.0582. The maximum Gasteiger partial charge on any atom is 0.303 e. The number of fused-ring (bicyclic) bond motifs is 1. The lowest BCUT2D eigenvalue weighted by Gasteiger charge is -2.17. The zero-order valence-electron chi connectivity index (χ0n) is 18.2. The molecule has 0 aliphatic heterocycles. The van der Waals surface area contributed by atoms with Gasteiger partial charge in [0.1, 0.15) is 11.4 Å². The Morgan fingerprint density at radius 2 is 1.82 bits per heavy atom. The molecular formula is C23H33NO4. The summed E-state index contributed by atoms with van der Waals surface area (Å²) >= 11 is 0. The van der Waals surface area contributed by atoms with Crippen LogP contribution >= 0.6 is 0 Å². The number of ether oxygens (including phenoxy) is 2. The van der Waals surface area contributed by atoms with Gasteiger partial charge < -0.3 is 9.47 Å². The third-order valence-electron chi connectivity index (χ3n) is 4.12. The third-order valence-corrected chi connectivity index (χ3v) is 4.12. The van der Waals surface area contributed by atoms with Crippen LogP contribution in [0, 0.1) is 5.92 Å². The second-order valence-corrected chi connectivity index (χ2v) is 7.95. The van der Waals surface area contributed by atoms with Gasteiger partial charge in [0.2, 0.25) is 0 Å². The normalized spacial score (nSPS) is 12.0. The molecule has 0 saturated heterocycles. The number of Topliss-reactive ketones (excluding diaryl/α,β-unsaturated/α-hetero) is 1. The number of nitrogens with zero attached hydrogens (tertiary/aromatic N) is 1. The van der Waals surface area contributed by atoms with Gasteiger partial charge in [-0.25, -0.2) is 0 Å². The number of carbonyl (C=O) groups is 2. The lowest BCUT2D eigenvalue weighted by Crippen LogP contribution is -2.21. The van der Waals surface area contributed by atoms with E-state index < -0.39 is 0 Å². The second kappa shape index (κ2) is 10.8. The Bertz CT molecular complexity index is 793. The molecule has 0 amide bonds. The van der Waals surface area contributed by atoms with Crippen LogP contribution in [-0.2, 0) is 9.53 Å². The van der Waals surface area contributed by atoms with Gasteiger partial charge in [0.05, 0.1) is 12.1 Å². The fourth-order valence-electron chi connectivity index (χ4n) is 2.54. The fourth-order valence-corrected chi connectivity index (χ4v) is 2.54. The molecule has 0 fully saturated rings. The quantitative estimate of drug-likeness (QED) is 0.477. The van der Waals surface area contributed by atoms with Crippen molar-refractivity contribution in [2.75, 3.05) is 6.61 Å². The van der Waals surface area contributed by atoms with E-state index >= 15 is 0 Å². The summed E-state index contributed by atoms with van der Waals surface area (Å²) in [6, 6.07) is 7.48. The Hall–Kier alpha value is -2.43. The Balaban J connectivity index is 0.000000416. The molecule has 5 nitrogen and oxygen atoms in total. The molecule has 28 heavy (non-hydrogen) atoms. The summed E-state index contributed by atoms with van der Waals surface area (Å²) in [4.78, 5) is 26.1. The maximum atomic E-state index is 11.6. The van der Waals surface area contributed by atoms with Gasteiger partial charge in [-0.3, -0.25) is 14.6 Å². The number of pyridine rings is 1. The molecule has 2 rings (SSSR count). The highest BCUT2D eigenvalue weighted by Crippen LogP contribution is 2.23. The Kier molecular flexibility index (Phi) is 9.10. The average Bonchev–Trinajstić information content (AvgIpc) is 2.59. The van der Waals surface area contributed by atoms with Gasteiger partial charge in [-0.1, -0.05) is 20.3 Å². The molecule has 1 aromatic heterocycles. The zero-order valence-corrected chi connectivity index (χ0v) is 18.2. The number of rotatable bonds is 6. The van der Waals surface area contributed by atoms with E-state index in [1.54, 1.807) is 19.2 Å². The Labute approximate surface area is 168 Å². The lowest BCUT2D eigenvalue weighted by molar-refractivity contribution is -0.151. The summed E-state index contributed by atoms with van der Waals surface area (Å²) in [5.41, 5.74) is 1.19. The largest absolute Gasteiger partial charge is 0.494 e. The highest BCUT2D eigenvalue weighted by atomic mass is 16.6. The number of hydrogen-bond acceptors (Lipinski definition) is 5. The van der Waals surface area contributed by atoms with Crippen molar-refractivity contribution in [3.05, 3.63) is 36.0 Å². The van der Waals surface area contributed by atoms with Crippen molar-refractivity contribution in [3.63, 3.8) is 0 Å². The molecule has 2 aromatic rings. The zero-order chi connectivity index (χ0) is 21.3. The van der Waals surface area contributed by atoms with Gasteiger partial charge >= 0.3 is 5.97 Å². The van der Waals surface area contributed by atoms with Gasteiger partial charge in [0, 0.05) is 30.1 Å². The maximum absolute atomic E-state index is 11.6. The molecule has 1 unspecified atom stereocenters. The minimum Gasteiger partial charge on any atom is -0.494 e. The van der Waals surface area contributed by atoms with Crippen LogP contribution in [0.5, 0.6) is 5.75 Å². The van der Waals surface area contributed by atoms with Crippen molar-refractivity contribution in [1.82, 2.24) is 4.98 Å². The standard InChI is InChI=1S/C17H21NO2.C6H12O2/c1-4-12(2)8-10-20-14-5-6-16-15(13(3)19)7-9-18-17(16)11-14;1-5(7)8-6(2,3)4/h5-7,9,11-12H,4,8,10H2,1-3H3;1-4H3. The fraction of sp³-hybridized carbons (Fsp3) is 0.522. The van der Waals surface area contributed by atoms with Crippen molar-refractivity contribution < 1.29 is 19.1 Å². The molecule has 0 aliphatic rings. The molecule has 0 spiro atoms. The highest BCUT2D eigenvalue weighted by Gasteiger charge is 2.11. The van der Waals surface area contributed by atoms with E-state index in [1.165, 1.54) is 13.3 Å². The summed E-state index contributed by atoms with van der Waals surface area (Å²) in [7, 11) is 0. The number of ketones is 1. The first-order chi connectivity index (χ1) is 13.0. The van der Waals surface area contributed by atoms with E-state index in [-0.39, 0.29) is 17.4 Å². The van der Waals surface area contributed by atoms with Crippen LogP contribution in [0.3, 0.4) is 0 Å². The number of aromatic nitrogens is 1. The number of carbonyl (C=O) groups excluding carboxylic acids is 2. The first kappa shape index (κ1) is 23.6. The third kappa shape index (κ3) is 8.51. The first-order valence-corrected chi connectivity index (χ1v) is 9.75. The topological polar surface area (TPSA) is 65.5 Å². The monoisotopic (exact) mass is 387 g/mol. The Morgan fingerprint density at radius 1 is 1.14 bits per heavy atom. The summed E-state index contributed by atoms with van der Waals surface area (Å²) in [5, 5.41) is 0.884. The van der Waals surface area contributed by atoms with Crippen LogP contribution in [0.1, 0.15) is 71.7 Å². The predicted molar refractivity (Wildman–Crippen MR) is 113 cm³/mol. The molecule has 0 saturated carbocycles. The van der Waals surface area contributed by atoms with Crippen LogP contribution in [0.25, 0.3) is 10.9 Å². The van der Waals surface area contributed by atoms with Crippen LogP contribution in [-0.4, -0.2) is 28.9 Å². The van der Waals surface area contributed by atoms with Crippen LogP contribution < -0.4 is 4.74 Å². The minimum atomic E-state index is -0.328. The summed E-state index contributed by atoms with van der Waals surface area (Å²) in [6.45, 7) is 13.6. The van der Waals surface area contributed by atoms with Crippen molar-refractivity contribution >= 4 is 22.7 Å². The smallest absolute Gasteiger partial charge is 0.303 e. The van der Waals surface area contributed by atoms with Crippen molar-refractivity contribution in [1.29, 1.82) is 0 Å². The predicted octanol–water partition coefficient (Wildman–Crippen LogP) is 5.60. The average molecular weight is 388 g/mol. The van der Waals surface area contributed by atoms with Gasteiger partial charge in [-0.05, 0) is 58.2 Å². The van der Waals surface area contributed by atoms with E-state index in [2.05, 4.69) is 18.8 Å². The molecule has 0 radical (unpaired) electrons. The molecule has 1 heterocycles. The van der Waals surface area contributed by atoms with E-state index in [4.69, 9.17) is 9.47 Å². The molecule has 154 valence electrons. The lowest BCUT2D eigenvalue weighted by atomic mass is 10.1. The number of benzene rings is 1. The molecule has 0 bridgehead atoms. The van der Waals surface area contributed by atoms with E-state index in [0.717, 1.165) is 23.1 Å². The van der Waals surface area contributed by atoms with Crippen molar-refractivity contribution in [2.45, 2.75) is 66.9 Å². The van der Waals surface area contributed by atoms with E-state index in [1.807, 2.05) is 39.0 Å². The Morgan fingerprint density at radius 3 is 2.32 bits per heavy atom. The number of hydrogen-bond donors (Lipinski definition) is 0. The van der Waals surface area contributed by atoms with Crippen LogP contribution in [0.2, 0.25) is 0 Å². The van der Waals surface area contributed by atoms with Gasteiger partial charge in [-0.15, -0.1) is 0 Å². The van der Waals surface area contributed by atoms with Gasteiger partial charge in [0.15, 0.2) is 5.78 Å². The first-order valence-electron chi connectivity index (χ1n) is 9.75. The molecule has 5 heteroatoms. The van der Waals surface area contributed by atoms with E-state index in [0.29, 0.717) is 18.1 Å². The number of esters is 1. The molecule has 1 atom stereocenters.